The second-order valence-corrected chi connectivity index (χ2v) is 9.08. The fourth-order valence-electron chi connectivity index (χ4n) is 4.59. The minimum absolute atomic E-state index is 0.621. The lowest BCUT2D eigenvalue weighted by molar-refractivity contribution is 0.250. The number of hydrogen-bond donors (Lipinski definition) is 0. The van der Waals surface area contributed by atoms with Crippen molar-refractivity contribution >= 4 is 0 Å². The number of rotatable bonds is 12. The SMILES string of the molecule is CCCCCOc1ccc(-c2ccc(CC[C@H]3CC[C@H](CCCC)CC3)cc2)nn1. The molecule has 30 heavy (non-hydrogen) atoms. The zero-order valence-electron chi connectivity index (χ0n) is 19.1. The predicted octanol–water partition coefficient (Wildman–Crippen LogP) is 7.64. The molecule has 2 aromatic rings. The molecule has 0 amide bonds. The van der Waals surface area contributed by atoms with Gasteiger partial charge in [-0.05, 0) is 42.7 Å². The third-order valence-corrected chi connectivity index (χ3v) is 6.66. The molecule has 0 unspecified atom stereocenters. The molecule has 3 rings (SSSR count). The van der Waals surface area contributed by atoms with E-state index in [-0.39, 0.29) is 0 Å². The van der Waals surface area contributed by atoms with E-state index in [1.54, 1.807) is 0 Å². The molecule has 0 aliphatic heterocycles. The van der Waals surface area contributed by atoms with Gasteiger partial charge in [-0.2, -0.15) is 0 Å². The molecule has 0 bridgehead atoms. The van der Waals surface area contributed by atoms with Gasteiger partial charge in [0.2, 0.25) is 5.88 Å². The monoisotopic (exact) mass is 408 g/mol. The molecule has 1 aromatic heterocycles. The lowest BCUT2D eigenvalue weighted by atomic mass is 9.78. The summed E-state index contributed by atoms with van der Waals surface area (Å²) in [5.41, 5.74) is 3.48. The summed E-state index contributed by atoms with van der Waals surface area (Å²) in [5.74, 6) is 2.56. The molecule has 1 fully saturated rings. The van der Waals surface area contributed by atoms with E-state index in [0.717, 1.165) is 36.1 Å². The number of ether oxygens (including phenoxy) is 1. The molecule has 0 N–H and O–H groups in total. The van der Waals surface area contributed by atoms with E-state index in [9.17, 15) is 0 Å². The highest BCUT2D eigenvalue weighted by Gasteiger charge is 2.20. The van der Waals surface area contributed by atoms with Crippen molar-refractivity contribution in [1.29, 1.82) is 0 Å². The first kappa shape index (κ1) is 22.8. The summed E-state index contributed by atoms with van der Waals surface area (Å²) >= 11 is 0. The average Bonchev–Trinajstić information content (AvgIpc) is 2.81. The molecule has 0 atom stereocenters. The maximum Gasteiger partial charge on any atom is 0.233 e. The maximum absolute atomic E-state index is 5.66. The van der Waals surface area contributed by atoms with Crippen LogP contribution in [0.1, 0.15) is 90.0 Å². The number of aromatic nitrogens is 2. The van der Waals surface area contributed by atoms with E-state index < -0.39 is 0 Å². The van der Waals surface area contributed by atoms with Crippen LogP contribution in [0.4, 0.5) is 0 Å². The van der Waals surface area contributed by atoms with Crippen LogP contribution in [0.15, 0.2) is 36.4 Å². The van der Waals surface area contributed by atoms with Gasteiger partial charge >= 0.3 is 0 Å². The minimum atomic E-state index is 0.621. The normalized spacial score (nSPS) is 19.0. The Balaban J connectivity index is 1.41. The molecule has 0 radical (unpaired) electrons. The molecule has 0 spiro atoms. The standard InChI is InChI=1S/C27H40N2O/c1-3-5-7-21-30-27-20-19-26(28-29-27)25-17-15-24(16-18-25)14-13-23-11-9-22(10-12-23)8-6-4-2/h15-20,22-23H,3-14,21H2,1-2H3/t22-,23-. The van der Waals surface area contributed by atoms with Gasteiger partial charge in [0.1, 0.15) is 0 Å². The third-order valence-electron chi connectivity index (χ3n) is 6.66. The van der Waals surface area contributed by atoms with E-state index in [0.29, 0.717) is 5.88 Å². The Bertz CT molecular complexity index is 703. The molecule has 1 heterocycles. The summed E-state index contributed by atoms with van der Waals surface area (Å²) in [6, 6.07) is 12.8. The smallest absolute Gasteiger partial charge is 0.233 e. The van der Waals surface area contributed by atoms with E-state index in [4.69, 9.17) is 4.74 Å². The van der Waals surface area contributed by atoms with Gasteiger partial charge in [-0.25, -0.2) is 0 Å². The third kappa shape index (κ3) is 7.41. The van der Waals surface area contributed by atoms with Crippen molar-refractivity contribution in [3.63, 3.8) is 0 Å². The Kier molecular flexibility index (Phi) is 9.66. The van der Waals surface area contributed by atoms with Crippen molar-refractivity contribution in [3.8, 4) is 17.1 Å². The molecule has 1 aliphatic carbocycles. The highest BCUT2D eigenvalue weighted by Crippen LogP contribution is 2.34. The minimum Gasteiger partial charge on any atom is -0.477 e. The average molecular weight is 409 g/mol. The first-order valence-corrected chi connectivity index (χ1v) is 12.3. The Labute approximate surface area is 183 Å². The molecule has 3 nitrogen and oxygen atoms in total. The largest absolute Gasteiger partial charge is 0.477 e. The number of aryl methyl sites for hydroxylation is 1. The lowest BCUT2D eigenvalue weighted by Crippen LogP contribution is -2.15. The summed E-state index contributed by atoms with van der Waals surface area (Å²) in [4.78, 5) is 0. The van der Waals surface area contributed by atoms with Crippen LogP contribution in [-0.2, 0) is 6.42 Å². The maximum atomic E-state index is 5.66. The van der Waals surface area contributed by atoms with Crippen LogP contribution in [0.25, 0.3) is 11.3 Å². The highest BCUT2D eigenvalue weighted by molar-refractivity contribution is 5.59. The number of benzene rings is 1. The fraction of sp³-hybridized carbons (Fsp3) is 0.630. The van der Waals surface area contributed by atoms with E-state index in [2.05, 4.69) is 48.3 Å². The topological polar surface area (TPSA) is 35.0 Å². The Hall–Kier alpha value is -1.90. The first-order chi connectivity index (χ1) is 14.8. The van der Waals surface area contributed by atoms with Crippen molar-refractivity contribution in [2.24, 2.45) is 11.8 Å². The zero-order chi connectivity index (χ0) is 21.0. The van der Waals surface area contributed by atoms with Crippen molar-refractivity contribution in [2.75, 3.05) is 6.61 Å². The quantitative estimate of drug-likeness (QED) is 0.338. The molecule has 0 saturated heterocycles. The van der Waals surface area contributed by atoms with Crippen molar-refractivity contribution in [2.45, 2.75) is 90.9 Å². The van der Waals surface area contributed by atoms with Crippen LogP contribution in [0, 0.1) is 11.8 Å². The van der Waals surface area contributed by atoms with Gasteiger partial charge in [0.25, 0.3) is 0 Å². The van der Waals surface area contributed by atoms with Crippen LogP contribution < -0.4 is 4.74 Å². The molecule has 3 heteroatoms. The van der Waals surface area contributed by atoms with Gasteiger partial charge in [0.05, 0.1) is 12.3 Å². The predicted molar refractivity (Wildman–Crippen MR) is 126 cm³/mol. The van der Waals surface area contributed by atoms with Gasteiger partial charge in [-0.1, -0.05) is 95.9 Å². The van der Waals surface area contributed by atoms with E-state index in [1.807, 2.05) is 12.1 Å². The summed E-state index contributed by atoms with van der Waals surface area (Å²) in [6.07, 6.45) is 16.0. The Morgan fingerprint density at radius 1 is 0.767 bits per heavy atom. The van der Waals surface area contributed by atoms with Gasteiger partial charge in [-0.3, -0.25) is 0 Å². The number of hydrogen-bond acceptors (Lipinski definition) is 3. The fourth-order valence-corrected chi connectivity index (χ4v) is 4.59. The van der Waals surface area contributed by atoms with Crippen LogP contribution in [0.2, 0.25) is 0 Å². The Morgan fingerprint density at radius 3 is 2.10 bits per heavy atom. The van der Waals surface area contributed by atoms with Crippen LogP contribution >= 0.6 is 0 Å². The molecular weight excluding hydrogens is 368 g/mol. The Morgan fingerprint density at radius 2 is 1.47 bits per heavy atom. The van der Waals surface area contributed by atoms with Gasteiger partial charge in [0, 0.05) is 11.6 Å². The first-order valence-electron chi connectivity index (χ1n) is 12.3. The van der Waals surface area contributed by atoms with Gasteiger partial charge in [0.15, 0.2) is 0 Å². The molecule has 1 aliphatic rings. The van der Waals surface area contributed by atoms with Crippen molar-refractivity contribution in [3.05, 3.63) is 42.0 Å². The van der Waals surface area contributed by atoms with Crippen LogP contribution in [0.3, 0.4) is 0 Å². The summed E-state index contributed by atoms with van der Waals surface area (Å²) in [6.45, 7) is 5.22. The van der Waals surface area contributed by atoms with E-state index in [1.165, 1.54) is 76.2 Å². The summed E-state index contributed by atoms with van der Waals surface area (Å²) in [7, 11) is 0. The number of nitrogens with zero attached hydrogens (tertiary/aromatic N) is 2. The van der Waals surface area contributed by atoms with Crippen molar-refractivity contribution in [1.82, 2.24) is 10.2 Å². The molecular formula is C27H40N2O. The summed E-state index contributed by atoms with van der Waals surface area (Å²) < 4.78 is 5.66. The van der Waals surface area contributed by atoms with Crippen molar-refractivity contribution < 1.29 is 4.74 Å². The van der Waals surface area contributed by atoms with E-state index >= 15 is 0 Å². The molecule has 1 saturated carbocycles. The summed E-state index contributed by atoms with van der Waals surface area (Å²) in [5, 5.41) is 8.58. The lowest BCUT2D eigenvalue weighted by Gasteiger charge is -2.28. The number of unbranched alkanes of at least 4 members (excludes halogenated alkanes) is 3. The van der Waals surface area contributed by atoms with Gasteiger partial charge in [-0.15, -0.1) is 10.2 Å². The zero-order valence-corrected chi connectivity index (χ0v) is 19.1. The van der Waals surface area contributed by atoms with Crippen LogP contribution in [-0.4, -0.2) is 16.8 Å². The second kappa shape index (κ2) is 12.7. The molecule has 1 aromatic carbocycles. The highest BCUT2D eigenvalue weighted by atomic mass is 16.5. The van der Waals surface area contributed by atoms with Crippen LogP contribution in [0.5, 0.6) is 5.88 Å². The second-order valence-electron chi connectivity index (χ2n) is 9.08. The molecule has 164 valence electrons. The van der Waals surface area contributed by atoms with Gasteiger partial charge < -0.3 is 4.74 Å².